The summed E-state index contributed by atoms with van der Waals surface area (Å²) in [5.41, 5.74) is 18.2. The lowest BCUT2D eigenvalue weighted by atomic mass is 9.80. The van der Waals surface area contributed by atoms with E-state index < -0.39 is 126 Å². The fourth-order valence-electron chi connectivity index (χ4n) is 16.9. The van der Waals surface area contributed by atoms with Gasteiger partial charge in [-0.25, -0.2) is 4.79 Å². The minimum Gasteiger partial charge on any atom is -0.508 e. The molecule has 0 aliphatic heterocycles. The topological polar surface area (TPSA) is 427 Å². The molecule has 26 heteroatoms. The van der Waals surface area contributed by atoms with Crippen LogP contribution in [0.2, 0.25) is 0 Å². The Bertz CT molecular complexity index is 2910. The molecule has 7 rings (SSSR count). The molecule has 1 aromatic rings. The van der Waals surface area contributed by atoms with Gasteiger partial charge in [-0.15, -0.1) is 0 Å². The number of rotatable bonds is 41. The lowest BCUT2D eigenvalue weighted by molar-refractivity contribution is -0.143. The molecule has 0 bridgehead atoms. The normalized spacial score (nSPS) is 26.1. The number of unbranched alkanes of at least 4 members (excludes halogenated alkanes) is 8. The highest BCUT2D eigenvalue weighted by atomic mass is 16.4. The van der Waals surface area contributed by atoms with Gasteiger partial charge in [0.2, 0.25) is 59.1 Å². The number of phenolic OH excluding ortho intramolecular Hbond substituents is 1. The number of aliphatic carboxylic acids is 1. The Morgan fingerprint density at radius 3 is 1.00 bits per heavy atom. The van der Waals surface area contributed by atoms with Crippen molar-refractivity contribution < 1.29 is 63.0 Å². The summed E-state index contributed by atoms with van der Waals surface area (Å²) in [5, 5.41) is 50.8. The Hall–Kier alpha value is -6.93. The minimum atomic E-state index is -1.12. The average molecular weight is 1460 g/mol. The molecular formula is C78H129N13O13. The van der Waals surface area contributed by atoms with Crippen LogP contribution in [-0.4, -0.2) is 155 Å². The number of carboxylic acid groups (broad SMARTS) is 1. The molecule has 6 saturated carbocycles. The van der Waals surface area contributed by atoms with Gasteiger partial charge in [-0.1, -0.05) is 128 Å². The second-order valence-electron chi connectivity index (χ2n) is 30.9. The SMILES string of the molecule is CCCCCCCCC(=O)N[C@@H](Cc1ccc(O)cc1)C(=O)NC1CCCCC1C(=O)NC1CCCCC1C(=O)N[C@@H](CCCCN)C(=O)NC1CCCCC1C(=O)NC1CCCCC1C(=O)N[C@@H](CCCCN)C(=O)NC1CCCCC1C(=O)NC1CCCCC1C(=O)N[C@@H](CCCCN)C(=O)O. The van der Waals surface area contributed by atoms with Gasteiger partial charge in [0.1, 0.15) is 29.9 Å². The molecular weight excluding hydrogens is 1330 g/mol. The van der Waals surface area contributed by atoms with E-state index >= 15 is 0 Å². The number of benzene rings is 1. The van der Waals surface area contributed by atoms with E-state index in [2.05, 4.69) is 60.1 Å². The van der Waals surface area contributed by atoms with Crippen LogP contribution < -0.4 is 70.4 Å². The van der Waals surface area contributed by atoms with Crippen LogP contribution in [0.4, 0.5) is 0 Å². The van der Waals surface area contributed by atoms with Crippen LogP contribution in [-0.2, 0) is 59.2 Å². The van der Waals surface area contributed by atoms with Crippen molar-refractivity contribution in [3.63, 3.8) is 0 Å². The van der Waals surface area contributed by atoms with Crippen molar-refractivity contribution in [2.24, 2.45) is 52.7 Å². The van der Waals surface area contributed by atoms with E-state index in [1.54, 1.807) is 24.3 Å². The molecule has 0 heterocycles. The molecule has 10 amide bonds. The van der Waals surface area contributed by atoms with Crippen molar-refractivity contribution in [3.8, 4) is 5.75 Å². The largest absolute Gasteiger partial charge is 0.508 e. The first-order valence-electron chi connectivity index (χ1n) is 40.5. The number of phenols is 1. The second kappa shape index (κ2) is 45.5. The Kier molecular flexibility index (Phi) is 36.9. The van der Waals surface area contributed by atoms with Crippen molar-refractivity contribution >= 4 is 65.0 Å². The average Bonchev–Trinajstić information content (AvgIpc) is 0.828. The van der Waals surface area contributed by atoms with Gasteiger partial charge < -0.3 is 80.6 Å². The first-order chi connectivity index (χ1) is 50.3. The highest BCUT2D eigenvalue weighted by Gasteiger charge is 2.44. The maximum absolute atomic E-state index is 14.7. The highest BCUT2D eigenvalue weighted by Crippen LogP contribution is 2.34. The van der Waals surface area contributed by atoms with Gasteiger partial charge in [0.25, 0.3) is 0 Å². The zero-order chi connectivity index (χ0) is 74.8. The molecule has 6 fully saturated rings. The standard InChI is InChI=1S/C78H129N13O13/c1-2-3-4-5-6-7-41-68(93)82-67(49-50-42-44-51(92)45-43-50)77(102)88-63-37-19-13-31-57(63)71(96)84-59-33-15-9-27-53(59)73(98)90-64(38-20-23-46-79)75(100)86-61-35-17-11-29-55(61)69(94)83-58-32-14-8-26-52(58)72(97)89-65(39-21-24-47-80)76(101)87-62-36-18-12-30-56(62)70(95)85-60-34-16-10-28-54(60)74(99)91-66(78(103)104)40-22-25-48-81/h42-45,52-67,92H,2-41,46-49,79-81H2,1H3,(H,82,93)(H,83,94)(H,84,96)(H,85,95)(H,86,100)(H,87,101)(H,88,102)(H,89,97)(H,90,98)(H,91,99)(H,103,104)/t52?,53?,54?,55?,56?,57?,58?,59?,60?,61?,62?,63?,64-,65-,66-,67-/m0/s1. The van der Waals surface area contributed by atoms with Gasteiger partial charge in [-0.05, 0) is 179 Å². The molecule has 6 aliphatic rings. The molecule has 6 aliphatic carbocycles. The zero-order valence-corrected chi connectivity index (χ0v) is 62.3. The lowest BCUT2D eigenvalue weighted by Crippen LogP contribution is -2.59. The number of aromatic hydroxyl groups is 1. The fourth-order valence-corrected chi connectivity index (χ4v) is 16.9. The quantitative estimate of drug-likeness (QED) is 0.0327. The van der Waals surface area contributed by atoms with Gasteiger partial charge in [0.05, 0.1) is 35.5 Å². The summed E-state index contributed by atoms with van der Waals surface area (Å²) < 4.78 is 0. The van der Waals surface area contributed by atoms with Crippen LogP contribution in [0.5, 0.6) is 5.75 Å². The number of carbonyl (C=O) groups is 11. The van der Waals surface area contributed by atoms with Crippen molar-refractivity contribution in [1.82, 2.24) is 53.2 Å². The van der Waals surface area contributed by atoms with Crippen molar-refractivity contribution in [3.05, 3.63) is 29.8 Å². The first kappa shape index (κ1) is 84.3. The van der Waals surface area contributed by atoms with E-state index in [1.807, 2.05) is 0 Å². The summed E-state index contributed by atoms with van der Waals surface area (Å²) in [5.74, 6) is -8.24. The molecule has 26 nitrogen and oxygen atoms in total. The highest BCUT2D eigenvalue weighted by molar-refractivity contribution is 5.93. The molecule has 0 saturated heterocycles. The minimum absolute atomic E-state index is 0.0841. The third kappa shape index (κ3) is 27.1. The van der Waals surface area contributed by atoms with Crippen LogP contribution in [0.15, 0.2) is 24.3 Å². The predicted molar refractivity (Wildman–Crippen MR) is 397 cm³/mol. The lowest BCUT2D eigenvalue weighted by Gasteiger charge is -2.37. The van der Waals surface area contributed by atoms with E-state index in [-0.39, 0.29) is 66.9 Å². The summed E-state index contributed by atoms with van der Waals surface area (Å²) in [7, 11) is 0. The number of nitrogens with two attached hydrogens (primary N) is 3. The van der Waals surface area contributed by atoms with E-state index in [4.69, 9.17) is 17.2 Å². The number of amides is 10. The summed E-state index contributed by atoms with van der Waals surface area (Å²) in [6, 6.07) is -0.653. The van der Waals surface area contributed by atoms with Gasteiger partial charge in [-0.2, -0.15) is 0 Å². The molecule has 0 aromatic heterocycles. The van der Waals surface area contributed by atoms with Crippen molar-refractivity contribution in [1.29, 1.82) is 0 Å². The van der Waals surface area contributed by atoms with Crippen LogP contribution in [0, 0.1) is 35.5 Å². The third-order valence-corrected chi connectivity index (χ3v) is 23.1. The molecule has 16 atom stereocenters. The summed E-state index contributed by atoms with van der Waals surface area (Å²) in [4.78, 5) is 155. The van der Waals surface area contributed by atoms with Crippen LogP contribution in [0.25, 0.3) is 0 Å². The summed E-state index contributed by atoms with van der Waals surface area (Å²) >= 11 is 0. The first-order valence-corrected chi connectivity index (χ1v) is 40.5. The molecule has 0 spiro atoms. The van der Waals surface area contributed by atoms with Crippen LogP contribution in [0.1, 0.15) is 269 Å². The summed E-state index contributed by atoms with van der Waals surface area (Å²) in [6.45, 7) is 3.33. The van der Waals surface area contributed by atoms with E-state index in [0.717, 1.165) is 115 Å². The van der Waals surface area contributed by atoms with Crippen LogP contribution in [0.3, 0.4) is 0 Å². The number of carboxylic acids is 1. The maximum atomic E-state index is 14.7. The Morgan fingerprint density at radius 2 is 0.654 bits per heavy atom. The fraction of sp³-hybridized carbons (Fsp3) is 0.782. The summed E-state index contributed by atoms with van der Waals surface area (Å²) in [6.07, 6.45) is 26.1. The number of nitrogens with one attached hydrogen (secondary N) is 10. The Balaban J connectivity index is 0.952. The monoisotopic (exact) mass is 1460 g/mol. The predicted octanol–water partition coefficient (Wildman–Crippen LogP) is 6.15. The Morgan fingerprint density at radius 1 is 0.356 bits per heavy atom. The number of hydrogen-bond acceptors (Lipinski definition) is 15. The van der Waals surface area contributed by atoms with Crippen molar-refractivity contribution in [2.45, 2.75) is 331 Å². The molecule has 0 radical (unpaired) electrons. The smallest absolute Gasteiger partial charge is 0.326 e. The molecule has 18 N–H and O–H groups in total. The Labute approximate surface area is 617 Å². The maximum Gasteiger partial charge on any atom is 0.326 e. The van der Waals surface area contributed by atoms with Crippen LogP contribution >= 0.6 is 0 Å². The van der Waals surface area contributed by atoms with Gasteiger partial charge in [0, 0.05) is 49.1 Å². The van der Waals surface area contributed by atoms with E-state index in [0.29, 0.717) is 148 Å². The number of carbonyl (C=O) groups excluding carboxylic acids is 10. The molecule has 104 heavy (non-hydrogen) atoms. The second-order valence-corrected chi connectivity index (χ2v) is 30.9. The van der Waals surface area contributed by atoms with E-state index in [9.17, 15) is 63.0 Å². The third-order valence-electron chi connectivity index (χ3n) is 23.1. The van der Waals surface area contributed by atoms with Crippen molar-refractivity contribution in [2.75, 3.05) is 19.6 Å². The van der Waals surface area contributed by atoms with Gasteiger partial charge in [-0.3, -0.25) is 47.9 Å². The number of hydrogen-bond donors (Lipinski definition) is 15. The molecule has 1 aromatic carbocycles. The van der Waals surface area contributed by atoms with E-state index in [1.165, 1.54) is 0 Å². The van der Waals surface area contributed by atoms with Gasteiger partial charge >= 0.3 is 5.97 Å². The molecule has 12 unspecified atom stereocenters. The zero-order valence-electron chi connectivity index (χ0n) is 62.3. The van der Waals surface area contributed by atoms with Gasteiger partial charge in [0.15, 0.2) is 0 Å². The molecule has 584 valence electrons.